The smallest absolute Gasteiger partial charge is 0.123 e. The van der Waals surface area contributed by atoms with E-state index in [4.69, 9.17) is 16.3 Å². The second kappa shape index (κ2) is 7.31. The summed E-state index contributed by atoms with van der Waals surface area (Å²) >= 11 is 9.74. The van der Waals surface area contributed by atoms with E-state index in [-0.39, 0.29) is 11.4 Å². The Morgan fingerprint density at radius 1 is 1.13 bits per heavy atom. The summed E-state index contributed by atoms with van der Waals surface area (Å²) in [6.07, 6.45) is 1.71. The van der Waals surface area contributed by atoms with Crippen molar-refractivity contribution in [2.24, 2.45) is 0 Å². The quantitative estimate of drug-likeness (QED) is 0.779. The summed E-state index contributed by atoms with van der Waals surface area (Å²) in [4.78, 5) is 0. The van der Waals surface area contributed by atoms with Crippen LogP contribution in [-0.4, -0.2) is 13.2 Å². The molecule has 0 amide bonds. The lowest BCUT2D eigenvalue weighted by atomic mass is 9.82. The predicted molar refractivity (Wildman–Crippen MR) is 94.1 cm³/mol. The van der Waals surface area contributed by atoms with Crippen LogP contribution in [0.2, 0.25) is 5.02 Å². The third-order valence-corrected chi connectivity index (χ3v) is 5.22. The van der Waals surface area contributed by atoms with Gasteiger partial charge in [-0.2, -0.15) is 0 Å². The minimum atomic E-state index is -0.216. The second-order valence-corrected chi connectivity index (χ2v) is 7.11. The van der Waals surface area contributed by atoms with Crippen molar-refractivity contribution >= 4 is 27.5 Å². The molecule has 3 rings (SSSR count). The van der Waals surface area contributed by atoms with Crippen molar-refractivity contribution in [1.29, 1.82) is 0 Å². The highest BCUT2D eigenvalue weighted by atomic mass is 79.9. The molecule has 1 N–H and O–H groups in total. The fourth-order valence-electron chi connectivity index (χ4n) is 2.99. The molecule has 23 heavy (non-hydrogen) atoms. The Bertz CT molecular complexity index is 671. The van der Waals surface area contributed by atoms with Crippen molar-refractivity contribution in [2.75, 3.05) is 13.2 Å². The normalized spacial score (nSPS) is 17.2. The molecular weight excluding hydrogens is 381 g/mol. The first-order valence-corrected chi connectivity index (χ1v) is 8.79. The molecule has 1 heterocycles. The van der Waals surface area contributed by atoms with Gasteiger partial charge in [-0.1, -0.05) is 45.7 Å². The van der Waals surface area contributed by atoms with E-state index in [1.54, 1.807) is 0 Å². The lowest BCUT2D eigenvalue weighted by Crippen LogP contribution is -2.46. The summed E-state index contributed by atoms with van der Waals surface area (Å²) in [7, 11) is 0. The van der Waals surface area contributed by atoms with Crippen LogP contribution < -0.4 is 5.32 Å². The van der Waals surface area contributed by atoms with Gasteiger partial charge in [-0.3, -0.25) is 0 Å². The minimum Gasteiger partial charge on any atom is -0.381 e. The molecule has 5 heteroatoms. The average Bonchev–Trinajstić information content (AvgIpc) is 2.55. The summed E-state index contributed by atoms with van der Waals surface area (Å²) in [6, 6.07) is 12.6. The summed E-state index contributed by atoms with van der Waals surface area (Å²) in [5.74, 6) is -0.216. The molecule has 0 bridgehead atoms. The molecule has 0 unspecified atom stereocenters. The molecule has 0 aliphatic carbocycles. The van der Waals surface area contributed by atoms with Crippen LogP contribution in [0.3, 0.4) is 0 Å². The summed E-state index contributed by atoms with van der Waals surface area (Å²) < 4.78 is 19.7. The topological polar surface area (TPSA) is 21.3 Å². The van der Waals surface area contributed by atoms with Gasteiger partial charge in [0.05, 0.1) is 0 Å². The lowest BCUT2D eigenvalue weighted by molar-refractivity contribution is 0.0358. The van der Waals surface area contributed by atoms with E-state index in [1.807, 2.05) is 30.3 Å². The lowest BCUT2D eigenvalue weighted by Gasteiger charge is -2.39. The summed E-state index contributed by atoms with van der Waals surface area (Å²) in [5.41, 5.74) is 1.93. The molecule has 0 spiro atoms. The molecule has 1 fully saturated rings. The molecule has 0 radical (unpaired) electrons. The highest BCUT2D eigenvalue weighted by molar-refractivity contribution is 9.10. The van der Waals surface area contributed by atoms with E-state index in [2.05, 4.69) is 21.2 Å². The van der Waals surface area contributed by atoms with Crippen LogP contribution in [0.5, 0.6) is 0 Å². The van der Waals surface area contributed by atoms with Gasteiger partial charge in [0, 0.05) is 34.8 Å². The third-order valence-electron chi connectivity index (χ3n) is 4.38. The van der Waals surface area contributed by atoms with Crippen LogP contribution in [0.25, 0.3) is 0 Å². The van der Waals surface area contributed by atoms with E-state index >= 15 is 0 Å². The average molecular weight is 399 g/mol. The zero-order chi connectivity index (χ0) is 16.3. The van der Waals surface area contributed by atoms with Crippen molar-refractivity contribution in [3.8, 4) is 0 Å². The van der Waals surface area contributed by atoms with E-state index in [0.717, 1.165) is 33.5 Å². The van der Waals surface area contributed by atoms with E-state index in [1.165, 1.54) is 12.1 Å². The molecule has 1 aliphatic rings. The Labute approximate surface area is 149 Å². The Kier molecular flexibility index (Phi) is 5.37. The minimum absolute atomic E-state index is 0.206. The Hall–Kier alpha value is -0.940. The van der Waals surface area contributed by atoms with Gasteiger partial charge in [0.15, 0.2) is 0 Å². The first-order chi connectivity index (χ1) is 11.1. The maximum Gasteiger partial charge on any atom is 0.123 e. The standard InChI is InChI=1S/C18H18BrClFNO/c19-15-4-1-13(17(20)11-15)12-22-18(7-9-23-10-8-18)14-2-5-16(21)6-3-14/h1-6,11,22H,7-10,12H2. The van der Waals surface area contributed by atoms with Crippen molar-refractivity contribution in [3.05, 3.63) is 68.9 Å². The fraction of sp³-hybridized carbons (Fsp3) is 0.333. The maximum atomic E-state index is 13.3. The maximum absolute atomic E-state index is 13.3. The van der Waals surface area contributed by atoms with Gasteiger partial charge in [-0.25, -0.2) is 4.39 Å². The van der Waals surface area contributed by atoms with Crippen molar-refractivity contribution < 1.29 is 9.13 Å². The molecule has 122 valence electrons. The van der Waals surface area contributed by atoms with Crippen molar-refractivity contribution in [3.63, 3.8) is 0 Å². The number of hydrogen-bond acceptors (Lipinski definition) is 2. The summed E-state index contributed by atoms with van der Waals surface area (Å²) in [5, 5.41) is 4.38. The van der Waals surface area contributed by atoms with Gasteiger partial charge in [0.25, 0.3) is 0 Å². The van der Waals surface area contributed by atoms with Crippen molar-refractivity contribution in [2.45, 2.75) is 24.9 Å². The molecule has 0 saturated carbocycles. The van der Waals surface area contributed by atoms with Crippen LogP contribution >= 0.6 is 27.5 Å². The van der Waals surface area contributed by atoms with Crippen LogP contribution in [0.15, 0.2) is 46.9 Å². The van der Waals surface area contributed by atoms with E-state index < -0.39 is 0 Å². The van der Waals surface area contributed by atoms with Crippen molar-refractivity contribution in [1.82, 2.24) is 5.32 Å². The molecule has 1 aliphatic heterocycles. The monoisotopic (exact) mass is 397 g/mol. The number of halogens is 3. The van der Waals surface area contributed by atoms with Crippen LogP contribution in [0.4, 0.5) is 4.39 Å². The molecule has 0 aromatic heterocycles. The number of rotatable bonds is 4. The predicted octanol–water partition coefficient (Wildman–Crippen LogP) is 5.04. The summed E-state index contributed by atoms with van der Waals surface area (Å²) in [6.45, 7) is 2.04. The molecular formula is C18H18BrClFNO. The van der Waals surface area contributed by atoms with Gasteiger partial charge >= 0.3 is 0 Å². The van der Waals surface area contributed by atoms with Gasteiger partial charge in [0.2, 0.25) is 0 Å². The van der Waals surface area contributed by atoms with Gasteiger partial charge in [0.1, 0.15) is 5.82 Å². The zero-order valence-corrected chi connectivity index (χ0v) is 15.0. The number of hydrogen-bond donors (Lipinski definition) is 1. The van der Waals surface area contributed by atoms with Crippen LogP contribution in [0.1, 0.15) is 24.0 Å². The fourth-order valence-corrected chi connectivity index (χ4v) is 3.73. The van der Waals surface area contributed by atoms with E-state index in [0.29, 0.717) is 19.8 Å². The molecule has 1 saturated heterocycles. The number of ether oxygens (including phenoxy) is 1. The highest BCUT2D eigenvalue weighted by Crippen LogP contribution is 2.33. The first-order valence-electron chi connectivity index (χ1n) is 7.62. The molecule has 2 nitrogen and oxygen atoms in total. The molecule has 2 aromatic rings. The second-order valence-electron chi connectivity index (χ2n) is 5.79. The first kappa shape index (κ1) is 16.9. The van der Waals surface area contributed by atoms with Crippen LogP contribution in [-0.2, 0) is 16.8 Å². The molecule has 2 aromatic carbocycles. The van der Waals surface area contributed by atoms with Gasteiger partial charge < -0.3 is 10.1 Å². The van der Waals surface area contributed by atoms with E-state index in [9.17, 15) is 4.39 Å². The van der Waals surface area contributed by atoms with Crippen LogP contribution in [0, 0.1) is 5.82 Å². The Morgan fingerprint density at radius 3 is 2.48 bits per heavy atom. The largest absolute Gasteiger partial charge is 0.381 e. The van der Waals surface area contributed by atoms with Gasteiger partial charge in [-0.15, -0.1) is 0 Å². The zero-order valence-electron chi connectivity index (χ0n) is 12.6. The van der Waals surface area contributed by atoms with Gasteiger partial charge in [-0.05, 0) is 48.2 Å². The highest BCUT2D eigenvalue weighted by Gasteiger charge is 2.34. The third kappa shape index (κ3) is 3.94. The Balaban J connectivity index is 1.83. The molecule has 0 atom stereocenters. The Morgan fingerprint density at radius 2 is 1.83 bits per heavy atom. The number of nitrogens with one attached hydrogen (secondary N) is 1. The number of benzene rings is 2. The SMILES string of the molecule is Fc1ccc(C2(NCc3ccc(Br)cc3Cl)CCOCC2)cc1.